The van der Waals surface area contributed by atoms with Gasteiger partial charge in [0.25, 0.3) is 5.91 Å². The number of aromatic nitrogens is 1. The first-order valence-electron chi connectivity index (χ1n) is 7.23. The molecule has 7 heteroatoms. The van der Waals surface area contributed by atoms with Crippen molar-refractivity contribution in [2.75, 3.05) is 37.0 Å². The van der Waals surface area contributed by atoms with Crippen LogP contribution in [0.3, 0.4) is 0 Å². The lowest BCUT2D eigenvalue weighted by atomic mass is 10.0. The van der Waals surface area contributed by atoms with Crippen LogP contribution >= 0.6 is 23.1 Å². The molecule has 0 radical (unpaired) electrons. The van der Waals surface area contributed by atoms with Crippen molar-refractivity contribution in [1.82, 2.24) is 10.3 Å². The smallest absolute Gasteiger partial charge is 0.265 e. The van der Waals surface area contributed by atoms with Crippen molar-refractivity contribution in [3.05, 3.63) is 4.88 Å². The Balaban J connectivity index is 2.78. The molecule has 0 saturated carbocycles. The van der Waals surface area contributed by atoms with Crippen LogP contribution in [0.4, 0.5) is 10.9 Å². The SMILES string of the molecule is CCN(C)c1nc(N)c(C(=O)NCC(CC)(CC)SC)s1. The third-order valence-corrected chi connectivity index (χ3v) is 6.71. The molecule has 1 rings (SSSR count). The van der Waals surface area contributed by atoms with Crippen LogP contribution in [0, 0.1) is 0 Å². The van der Waals surface area contributed by atoms with E-state index in [-0.39, 0.29) is 10.7 Å². The highest BCUT2D eigenvalue weighted by molar-refractivity contribution is 8.00. The largest absolute Gasteiger partial charge is 0.382 e. The summed E-state index contributed by atoms with van der Waals surface area (Å²) >= 11 is 3.15. The fraction of sp³-hybridized carbons (Fsp3) is 0.714. The van der Waals surface area contributed by atoms with Crippen molar-refractivity contribution in [3.63, 3.8) is 0 Å². The number of nitrogens with two attached hydrogens (primary N) is 1. The first kappa shape index (κ1) is 18.1. The summed E-state index contributed by atoms with van der Waals surface area (Å²) in [5, 5.41) is 3.80. The molecule has 0 aliphatic heterocycles. The summed E-state index contributed by atoms with van der Waals surface area (Å²) in [7, 11) is 1.94. The van der Waals surface area contributed by atoms with Gasteiger partial charge in [-0.25, -0.2) is 4.98 Å². The lowest BCUT2D eigenvalue weighted by Crippen LogP contribution is -2.39. The van der Waals surface area contributed by atoms with Gasteiger partial charge in [-0.3, -0.25) is 4.79 Å². The summed E-state index contributed by atoms with van der Waals surface area (Å²) in [4.78, 5) is 19.1. The molecule has 120 valence electrons. The summed E-state index contributed by atoms with van der Waals surface area (Å²) in [6, 6.07) is 0. The molecule has 0 saturated heterocycles. The Labute approximate surface area is 135 Å². The molecule has 1 aromatic heterocycles. The maximum Gasteiger partial charge on any atom is 0.265 e. The van der Waals surface area contributed by atoms with Gasteiger partial charge in [0.1, 0.15) is 10.7 Å². The number of thiazole rings is 1. The Morgan fingerprint density at radius 2 is 2.05 bits per heavy atom. The Bertz CT molecular complexity index is 463. The molecule has 0 spiro atoms. The number of nitrogen functional groups attached to an aromatic ring is 1. The molecule has 0 fully saturated rings. The van der Waals surface area contributed by atoms with Gasteiger partial charge in [0.05, 0.1) is 0 Å². The third kappa shape index (κ3) is 4.26. The van der Waals surface area contributed by atoms with Crippen LogP contribution < -0.4 is 16.0 Å². The summed E-state index contributed by atoms with van der Waals surface area (Å²) in [5.74, 6) is 0.191. The molecule has 1 amide bonds. The average molecular weight is 331 g/mol. The second-order valence-corrected chi connectivity index (χ2v) is 7.25. The first-order chi connectivity index (χ1) is 9.92. The van der Waals surface area contributed by atoms with E-state index >= 15 is 0 Å². The maximum absolute atomic E-state index is 12.3. The molecule has 3 N–H and O–H groups in total. The second-order valence-electron chi connectivity index (χ2n) is 5.00. The van der Waals surface area contributed by atoms with Crippen LogP contribution in [0.25, 0.3) is 0 Å². The Morgan fingerprint density at radius 3 is 2.52 bits per heavy atom. The number of rotatable bonds is 8. The van der Waals surface area contributed by atoms with Gasteiger partial charge in [0, 0.05) is 24.9 Å². The number of hydrogen-bond acceptors (Lipinski definition) is 6. The van der Waals surface area contributed by atoms with Gasteiger partial charge in [-0.1, -0.05) is 25.2 Å². The third-order valence-electron chi connectivity index (χ3n) is 3.94. The molecule has 0 aromatic carbocycles. The maximum atomic E-state index is 12.3. The van der Waals surface area contributed by atoms with Crippen molar-refractivity contribution >= 4 is 40.0 Å². The number of amides is 1. The number of hydrogen-bond donors (Lipinski definition) is 2. The number of anilines is 2. The van der Waals surface area contributed by atoms with Gasteiger partial charge in [0.15, 0.2) is 5.13 Å². The zero-order valence-electron chi connectivity index (χ0n) is 13.5. The number of carbonyl (C=O) groups excluding carboxylic acids is 1. The fourth-order valence-electron chi connectivity index (χ4n) is 1.96. The highest BCUT2D eigenvalue weighted by atomic mass is 32.2. The van der Waals surface area contributed by atoms with E-state index in [1.165, 1.54) is 11.3 Å². The molecule has 21 heavy (non-hydrogen) atoms. The van der Waals surface area contributed by atoms with Gasteiger partial charge in [0.2, 0.25) is 0 Å². The Hall–Kier alpha value is -0.950. The van der Waals surface area contributed by atoms with Crippen LogP contribution in [0.1, 0.15) is 43.3 Å². The number of thioether (sulfide) groups is 1. The Morgan fingerprint density at radius 1 is 1.43 bits per heavy atom. The normalized spacial score (nSPS) is 11.5. The summed E-state index contributed by atoms with van der Waals surface area (Å²) < 4.78 is 0.0954. The minimum Gasteiger partial charge on any atom is -0.382 e. The molecule has 0 aliphatic rings. The fourth-order valence-corrected chi connectivity index (χ4v) is 3.68. The lowest BCUT2D eigenvalue weighted by molar-refractivity contribution is 0.0953. The van der Waals surface area contributed by atoms with Crippen molar-refractivity contribution in [3.8, 4) is 0 Å². The standard InChI is InChI=1S/C14H26N4OS2/c1-6-14(7-2,20-5)9-16-12(19)10-11(15)17-13(21-10)18(4)8-3/h6-9,15H2,1-5H3,(H,16,19). The molecular formula is C14H26N4OS2. The highest BCUT2D eigenvalue weighted by Gasteiger charge is 2.26. The minimum atomic E-state index is -0.124. The molecular weight excluding hydrogens is 304 g/mol. The van der Waals surface area contributed by atoms with Crippen LogP contribution in [-0.2, 0) is 0 Å². The molecule has 5 nitrogen and oxygen atoms in total. The number of carbonyl (C=O) groups is 1. The molecule has 1 aromatic rings. The van der Waals surface area contributed by atoms with Crippen LogP contribution in [0.15, 0.2) is 0 Å². The predicted molar refractivity (Wildman–Crippen MR) is 94.6 cm³/mol. The highest BCUT2D eigenvalue weighted by Crippen LogP contribution is 2.31. The minimum absolute atomic E-state index is 0.0954. The monoisotopic (exact) mass is 330 g/mol. The van der Waals surface area contributed by atoms with Crippen molar-refractivity contribution in [2.45, 2.75) is 38.4 Å². The van der Waals surface area contributed by atoms with Crippen LogP contribution in [0.5, 0.6) is 0 Å². The van der Waals surface area contributed by atoms with E-state index in [4.69, 9.17) is 5.73 Å². The topological polar surface area (TPSA) is 71.2 Å². The van der Waals surface area contributed by atoms with E-state index in [1.807, 2.05) is 18.9 Å². The average Bonchev–Trinajstić information content (AvgIpc) is 2.90. The van der Waals surface area contributed by atoms with Gasteiger partial charge < -0.3 is 16.0 Å². The van der Waals surface area contributed by atoms with E-state index < -0.39 is 0 Å². The lowest BCUT2D eigenvalue weighted by Gasteiger charge is -2.29. The van der Waals surface area contributed by atoms with Crippen molar-refractivity contribution < 1.29 is 4.79 Å². The van der Waals surface area contributed by atoms with Crippen molar-refractivity contribution in [1.29, 1.82) is 0 Å². The second kappa shape index (κ2) is 7.89. The molecule has 0 aliphatic carbocycles. The Kier molecular flexibility index (Phi) is 6.80. The van der Waals surface area contributed by atoms with Gasteiger partial charge in [-0.05, 0) is 26.0 Å². The summed E-state index contributed by atoms with van der Waals surface area (Å²) in [6.45, 7) is 7.82. The van der Waals surface area contributed by atoms with Gasteiger partial charge in [-0.2, -0.15) is 11.8 Å². The first-order valence-corrected chi connectivity index (χ1v) is 9.27. The van der Waals surface area contributed by atoms with E-state index in [2.05, 4.69) is 30.4 Å². The van der Waals surface area contributed by atoms with E-state index in [1.54, 1.807) is 11.8 Å². The van der Waals surface area contributed by atoms with E-state index in [0.717, 1.165) is 24.5 Å². The zero-order valence-corrected chi connectivity index (χ0v) is 15.2. The van der Waals surface area contributed by atoms with Gasteiger partial charge in [-0.15, -0.1) is 0 Å². The zero-order chi connectivity index (χ0) is 16.0. The molecule has 0 unspecified atom stereocenters. The van der Waals surface area contributed by atoms with Crippen molar-refractivity contribution in [2.24, 2.45) is 0 Å². The van der Waals surface area contributed by atoms with Crippen LogP contribution in [-0.4, -0.2) is 42.0 Å². The van der Waals surface area contributed by atoms with Crippen LogP contribution in [0.2, 0.25) is 0 Å². The predicted octanol–water partition coefficient (Wildman–Crippen LogP) is 2.83. The van der Waals surface area contributed by atoms with E-state index in [9.17, 15) is 4.79 Å². The summed E-state index contributed by atoms with van der Waals surface area (Å²) in [5.41, 5.74) is 5.88. The summed E-state index contributed by atoms with van der Waals surface area (Å²) in [6.07, 6.45) is 4.13. The quantitative estimate of drug-likeness (QED) is 0.767. The molecule has 1 heterocycles. The number of nitrogens with zero attached hydrogens (tertiary/aromatic N) is 2. The molecule has 0 atom stereocenters. The van der Waals surface area contributed by atoms with E-state index in [0.29, 0.717) is 17.2 Å². The van der Waals surface area contributed by atoms with Gasteiger partial charge >= 0.3 is 0 Å². The molecule has 0 bridgehead atoms. The number of nitrogens with one attached hydrogen (secondary N) is 1.